The number of hydrogen-bond acceptors (Lipinski definition) is 3. The van der Waals surface area contributed by atoms with Gasteiger partial charge in [0.05, 0.1) is 12.2 Å². The highest BCUT2D eigenvalue weighted by molar-refractivity contribution is 5.69. The Morgan fingerprint density at radius 2 is 1.95 bits per heavy atom. The maximum atomic E-state index is 12.4. The van der Waals surface area contributed by atoms with Crippen molar-refractivity contribution in [3.05, 3.63) is 0 Å². The van der Waals surface area contributed by atoms with Crippen LogP contribution in [0.3, 0.4) is 0 Å². The van der Waals surface area contributed by atoms with E-state index in [0.29, 0.717) is 30.2 Å². The molecule has 3 saturated carbocycles. The SMILES string of the molecule is CC(C)(C)OC(=O)N(C1CC1)[C@@H]1C[C@H]2C1C[C@@H]1O[C@@H]12. The van der Waals surface area contributed by atoms with Gasteiger partial charge >= 0.3 is 6.09 Å². The van der Waals surface area contributed by atoms with E-state index in [1.807, 2.05) is 20.8 Å². The molecule has 3 aliphatic carbocycles. The summed E-state index contributed by atoms with van der Waals surface area (Å²) in [5.41, 5.74) is -0.395. The fourth-order valence-electron chi connectivity index (χ4n) is 3.96. The van der Waals surface area contributed by atoms with Crippen molar-refractivity contribution in [2.24, 2.45) is 11.8 Å². The zero-order valence-corrected chi connectivity index (χ0v) is 12.0. The third kappa shape index (κ3) is 1.95. The molecule has 4 rings (SSSR count). The number of rotatable bonds is 2. The molecule has 106 valence electrons. The summed E-state index contributed by atoms with van der Waals surface area (Å²) in [5.74, 6) is 1.40. The molecule has 1 unspecified atom stereocenters. The van der Waals surface area contributed by atoms with Gasteiger partial charge < -0.3 is 14.4 Å². The molecule has 0 aromatic carbocycles. The van der Waals surface area contributed by atoms with Crippen LogP contribution in [0, 0.1) is 11.8 Å². The third-order valence-corrected chi connectivity index (χ3v) is 5.01. The average molecular weight is 265 g/mol. The van der Waals surface area contributed by atoms with Gasteiger partial charge in [-0.05, 0) is 58.3 Å². The lowest BCUT2D eigenvalue weighted by molar-refractivity contribution is -0.0389. The van der Waals surface area contributed by atoms with Crippen molar-refractivity contribution in [3.8, 4) is 0 Å². The molecular formula is C15H23NO3. The molecule has 1 aliphatic heterocycles. The molecule has 1 heterocycles. The number of amides is 1. The number of nitrogens with zero attached hydrogens (tertiary/aromatic N) is 1. The number of ether oxygens (including phenoxy) is 2. The summed E-state index contributed by atoms with van der Waals surface area (Å²) in [6, 6.07) is 0.863. The van der Waals surface area contributed by atoms with Gasteiger partial charge in [-0.2, -0.15) is 0 Å². The van der Waals surface area contributed by atoms with E-state index in [4.69, 9.17) is 9.47 Å². The van der Waals surface area contributed by atoms with Crippen molar-refractivity contribution in [1.29, 1.82) is 0 Å². The molecule has 0 bridgehead atoms. The van der Waals surface area contributed by atoms with E-state index in [1.165, 1.54) is 0 Å². The van der Waals surface area contributed by atoms with E-state index in [2.05, 4.69) is 4.90 Å². The van der Waals surface area contributed by atoms with E-state index < -0.39 is 5.60 Å². The summed E-state index contributed by atoms with van der Waals surface area (Å²) >= 11 is 0. The molecule has 0 aromatic rings. The molecule has 5 atom stereocenters. The summed E-state index contributed by atoms with van der Waals surface area (Å²) in [4.78, 5) is 14.5. The minimum Gasteiger partial charge on any atom is -0.444 e. The van der Waals surface area contributed by atoms with Crippen molar-refractivity contribution in [2.45, 2.75) is 76.3 Å². The van der Waals surface area contributed by atoms with Gasteiger partial charge in [0.15, 0.2) is 0 Å². The Morgan fingerprint density at radius 1 is 1.21 bits per heavy atom. The predicted molar refractivity (Wildman–Crippen MR) is 69.8 cm³/mol. The third-order valence-electron chi connectivity index (χ3n) is 5.01. The van der Waals surface area contributed by atoms with Gasteiger partial charge in [-0.25, -0.2) is 4.79 Å². The van der Waals surface area contributed by atoms with Gasteiger partial charge in [0.25, 0.3) is 0 Å². The summed E-state index contributed by atoms with van der Waals surface area (Å²) in [7, 11) is 0. The second-order valence-electron chi connectivity index (χ2n) is 7.62. The van der Waals surface area contributed by atoms with Crippen LogP contribution in [-0.2, 0) is 9.47 Å². The topological polar surface area (TPSA) is 42.1 Å². The number of carbonyl (C=O) groups excluding carboxylic acids is 1. The molecule has 0 radical (unpaired) electrons. The predicted octanol–water partition coefficient (Wildman–Crippen LogP) is 2.56. The summed E-state index contributed by atoms with van der Waals surface area (Å²) in [5, 5.41) is 0. The van der Waals surface area contributed by atoms with Gasteiger partial charge in [-0.1, -0.05) is 0 Å². The van der Waals surface area contributed by atoms with Gasteiger partial charge in [0.1, 0.15) is 5.60 Å². The Balaban J connectivity index is 1.45. The Hall–Kier alpha value is -0.770. The van der Waals surface area contributed by atoms with Crippen LogP contribution in [-0.4, -0.2) is 40.9 Å². The summed E-state index contributed by atoms with van der Waals surface area (Å²) < 4.78 is 11.2. The van der Waals surface area contributed by atoms with Crippen LogP contribution in [0.5, 0.6) is 0 Å². The Kier molecular flexibility index (Phi) is 2.31. The van der Waals surface area contributed by atoms with Crippen LogP contribution in [0.25, 0.3) is 0 Å². The second kappa shape index (κ2) is 3.66. The smallest absolute Gasteiger partial charge is 0.410 e. The van der Waals surface area contributed by atoms with E-state index in [0.717, 1.165) is 31.6 Å². The maximum Gasteiger partial charge on any atom is 0.410 e. The quantitative estimate of drug-likeness (QED) is 0.721. The first-order valence-electron chi connectivity index (χ1n) is 7.61. The maximum absolute atomic E-state index is 12.4. The molecule has 0 N–H and O–H groups in total. The number of fused-ring (bicyclic) bond motifs is 3. The van der Waals surface area contributed by atoms with Gasteiger partial charge in [0, 0.05) is 12.1 Å². The Morgan fingerprint density at radius 3 is 2.53 bits per heavy atom. The zero-order chi connectivity index (χ0) is 13.4. The van der Waals surface area contributed by atoms with Crippen molar-refractivity contribution < 1.29 is 14.3 Å². The monoisotopic (exact) mass is 265 g/mol. The highest BCUT2D eigenvalue weighted by atomic mass is 16.6. The first kappa shape index (κ1) is 12.0. The van der Waals surface area contributed by atoms with Crippen molar-refractivity contribution in [2.75, 3.05) is 0 Å². The molecule has 4 aliphatic rings. The van der Waals surface area contributed by atoms with E-state index >= 15 is 0 Å². The van der Waals surface area contributed by atoms with Crippen molar-refractivity contribution >= 4 is 6.09 Å². The molecule has 4 heteroatoms. The van der Waals surface area contributed by atoms with Crippen molar-refractivity contribution in [1.82, 2.24) is 4.90 Å². The number of epoxide rings is 1. The van der Waals surface area contributed by atoms with E-state index in [1.54, 1.807) is 0 Å². The Bertz CT molecular complexity index is 412. The molecular weight excluding hydrogens is 242 g/mol. The standard InChI is InChI=1S/C15H23NO3/c1-15(2,3)19-14(17)16(8-4-5-8)11-6-10-9(11)7-12-13(10)18-12/h8-13H,4-7H2,1-3H3/t9?,10-,11+,12-,13+/m0/s1. The number of hydrogen-bond donors (Lipinski definition) is 0. The minimum atomic E-state index is -0.395. The van der Waals surface area contributed by atoms with E-state index in [-0.39, 0.29) is 6.09 Å². The van der Waals surface area contributed by atoms with Crippen LogP contribution < -0.4 is 0 Å². The van der Waals surface area contributed by atoms with Gasteiger partial charge in [0.2, 0.25) is 0 Å². The van der Waals surface area contributed by atoms with Gasteiger partial charge in [-0.15, -0.1) is 0 Å². The van der Waals surface area contributed by atoms with E-state index in [9.17, 15) is 4.79 Å². The zero-order valence-electron chi connectivity index (χ0n) is 12.0. The highest BCUT2D eigenvalue weighted by Gasteiger charge is 2.65. The molecule has 19 heavy (non-hydrogen) atoms. The molecule has 0 spiro atoms. The normalized spacial score (nSPS) is 43.0. The fourth-order valence-corrected chi connectivity index (χ4v) is 3.96. The van der Waals surface area contributed by atoms with Gasteiger partial charge in [-0.3, -0.25) is 0 Å². The lowest BCUT2D eigenvalue weighted by Crippen LogP contribution is -2.56. The molecule has 1 saturated heterocycles. The lowest BCUT2D eigenvalue weighted by Gasteiger charge is -2.48. The minimum absolute atomic E-state index is 0.0973. The molecule has 1 amide bonds. The first-order chi connectivity index (χ1) is 8.94. The summed E-state index contributed by atoms with van der Waals surface area (Å²) in [6.07, 6.45) is 5.53. The van der Waals surface area contributed by atoms with Crippen molar-refractivity contribution in [3.63, 3.8) is 0 Å². The van der Waals surface area contributed by atoms with Crippen LogP contribution in [0.15, 0.2) is 0 Å². The Labute approximate surface area is 114 Å². The van der Waals surface area contributed by atoms with Crippen LogP contribution >= 0.6 is 0 Å². The highest BCUT2D eigenvalue weighted by Crippen LogP contribution is 2.59. The fraction of sp³-hybridized carbons (Fsp3) is 0.933. The average Bonchev–Trinajstić information content (AvgIpc) is 3.13. The second-order valence-corrected chi connectivity index (χ2v) is 7.62. The molecule has 4 fully saturated rings. The lowest BCUT2D eigenvalue weighted by atomic mass is 9.70. The largest absolute Gasteiger partial charge is 0.444 e. The van der Waals surface area contributed by atoms with Crippen LogP contribution in [0.2, 0.25) is 0 Å². The molecule has 4 nitrogen and oxygen atoms in total. The number of carbonyl (C=O) groups is 1. The van der Waals surface area contributed by atoms with Crippen LogP contribution in [0.4, 0.5) is 4.79 Å². The first-order valence-corrected chi connectivity index (χ1v) is 7.61. The van der Waals surface area contributed by atoms with Crippen LogP contribution in [0.1, 0.15) is 46.5 Å². The summed E-state index contributed by atoms with van der Waals surface area (Å²) in [6.45, 7) is 5.83. The molecule has 0 aromatic heterocycles.